The van der Waals surface area contributed by atoms with Crippen molar-refractivity contribution in [2.24, 2.45) is 0 Å². The second kappa shape index (κ2) is 7.30. The van der Waals surface area contributed by atoms with Gasteiger partial charge in [0.05, 0.1) is 0 Å². The summed E-state index contributed by atoms with van der Waals surface area (Å²) < 4.78 is 2.63. The maximum absolute atomic E-state index is 12.3. The summed E-state index contributed by atoms with van der Waals surface area (Å²) in [6.07, 6.45) is 3.39. The SMILES string of the molecule is CC(C)n1c(CCNC(=O)C[C@H]2CCc3ccccc32)n[nH]c1=S. The van der Waals surface area contributed by atoms with Gasteiger partial charge in [-0.15, -0.1) is 0 Å². The molecule has 2 aromatic rings. The van der Waals surface area contributed by atoms with Crippen molar-refractivity contribution in [2.45, 2.75) is 51.5 Å². The van der Waals surface area contributed by atoms with Crippen LogP contribution in [-0.2, 0) is 17.6 Å². The molecule has 128 valence electrons. The molecule has 1 atom stereocenters. The first kappa shape index (κ1) is 16.9. The molecule has 0 saturated carbocycles. The fourth-order valence-corrected chi connectivity index (χ4v) is 3.88. The van der Waals surface area contributed by atoms with E-state index in [1.54, 1.807) is 0 Å². The summed E-state index contributed by atoms with van der Waals surface area (Å²) in [5.74, 6) is 1.36. The average Bonchev–Trinajstić information content (AvgIpc) is 3.12. The Morgan fingerprint density at radius 1 is 1.46 bits per heavy atom. The number of hydrogen-bond acceptors (Lipinski definition) is 3. The van der Waals surface area contributed by atoms with Crippen LogP contribution in [0.4, 0.5) is 0 Å². The highest BCUT2D eigenvalue weighted by Gasteiger charge is 2.24. The van der Waals surface area contributed by atoms with Gasteiger partial charge >= 0.3 is 0 Å². The lowest BCUT2D eigenvalue weighted by atomic mass is 9.97. The van der Waals surface area contributed by atoms with Crippen LogP contribution in [0.1, 0.15) is 55.6 Å². The van der Waals surface area contributed by atoms with Gasteiger partial charge in [-0.1, -0.05) is 24.3 Å². The van der Waals surface area contributed by atoms with E-state index < -0.39 is 0 Å². The van der Waals surface area contributed by atoms with Gasteiger partial charge in [-0.05, 0) is 56.0 Å². The zero-order valence-electron chi connectivity index (χ0n) is 14.2. The molecule has 1 amide bonds. The maximum Gasteiger partial charge on any atom is 0.220 e. The van der Waals surface area contributed by atoms with Crippen LogP contribution in [0.25, 0.3) is 0 Å². The van der Waals surface area contributed by atoms with E-state index in [1.165, 1.54) is 11.1 Å². The second-order valence-electron chi connectivity index (χ2n) is 6.65. The smallest absolute Gasteiger partial charge is 0.220 e. The van der Waals surface area contributed by atoms with Crippen LogP contribution in [0, 0.1) is 4.77 Å². The number of aryl methyl sites for hydroxylation is 1. The molecule has 1 aliphatic carbocycles. The normalized spacial score (nSPS) is 16.4. The van der Waals surface area contributed by atoms with Gasteiger partial charge < -0.3 is 9.88 Å². The molecule has 1 aliphatic rings. The maximum atomic E-state index is 12.3. The van der Waals surface area contributed by atoms with Crippen molar-refractivity contribution in [3.8, 4) is 0 Å². The predicted molar refractivity (Wildman–Crippen MR) is 96.6 cm³/mol. The molecule has 1 heterocycles. The number of amides is 1. The first-order valence-electron chi connectivity index (χ1n) is 8.56. The summed E-state index contributed by atoms with van der Waals surface area (Å²) in [5, 5.41) is 10.1. The number of H-pyrrole nitrogens is 1. The Kier molecular flexibility index (Phi) is 5.14. The van der Waals surface area contributed by atoms with Gasteiger partial charge in [0, 0.05) is 25.4 Å². The summed E-state index contributed by atoms with van der Waals surface area (Å²) in [6, 6.07) is 8.71. The Balaban J connectivity index is 1.51. The van der Waals surface area contributed by atoms with E-state index in [-0.39, 0.29) is 11.9 Å². The lowest BCUT2D eigenvalue weighted by Crippen LogP contribution is -2.27. The molecule has 0 aliphatic heterocycles. The van der Waals surface area contributed by atoms with Gasteiger partial charge in [0.1, 0.15) is 5.82 Å². The summed E-state index contributed by atoms with van der Waals surface area (Å²) >= 11 is 5.24. The van der Waals surface area contributed by atoms with Crippen LogP contribution >= 0.6 is 12.2 Å². The Morgan fingerprint density at radius 3 is 3.04 bits per heavy atom. The van der Waals surface area contributed by atoms with Crippen molar-refractivity contribution in [3.05, 3.63) is 46.0 Å². The first-order valence-corrected chi connectivity index (χ1v) is 8.97. The number of carbonyl (C=O) groups is 1. The lowest BCUT2D eigenvalue weighted by molar-refractivity contribution is -0.121. The van der Waals surface area contributed by atoms with E-state index in [4.69, 9.17) is 12.2 Å². The molecular formula is C18H24N4OS. The third-order valence-electron chi connectivity index (χ3n) is 4.65. The Bertz CT molecular complexity index is 777. The van der Waals surface area contributed by atoms with Gasteiger partial charge in [0.2, 0.25) is 5.91 Å². The zero-order valence-corrected chi connectivity index (χ0v) is 15.0. The Labute approximate surface area is 147 Å². The van der Waals surface area contributed by atoms with Crippen molar-refractivity contribution in [1.29, 1.82) is 0 Å². The monoisotopic (exact) mass is 344 g/mol. The summed E-state index contributed by atoms with van der Waals surface area (Å²) in [4.78, 5) is 12.3. The molecular weight excluding hydrogens is 320 g/mol. The number of aromatic amines is 1. The topological polar surface area (TPSA) is 62.7 Å². The number of rotatable bonds is 6. The zero-order chi connectivity index (χ0) is 17.1. The molecule has 0 unspecified atom stereocenters. The number of nitrogens with zero attached hydrogens (tertiary/aromatic N) is 2. The fourth-order valence-electron chi connectivity index (χ4n) is 3.51. The minimum Gasteiger partial charge on any atom is -0.356 e. The van der Waals surface area contributed by atoms with Gasteiger partial charge in [-0.25, -0.2) is 0 Å². The van der Waals surface area contributed by atoms with Crippen LogP contribution in [0.3, 0.4) is 0 Å². The number of hydrogen-bond donors (Lipinski definition) is 2. The highest BCUT2D eigenvalue weighted by molar-refractivity contribution is 7.71. The molecule has 1 aromatic heterocycles. The second-order valence-corrected chi connectivity index (χ2v) is 7.03. The molecule has 3 rings (SSSR count). The molecule has 0 saturated heterocycles. The van der Waals surface area contributed by atoms with Crippen molar-refractivity contribution in [1.82, 2.24) is 20.1 Å². The van der Waals surface area contributed by atoms with Crippen LogP contribution < -0.4 is 5.32 Å². The molecule has 24 heavy (non-hydrogen) atoms. The average molecular weight is 344 g/mol. The minimum atomic E-state index is 0.113. The quantitative estimate of drug-likeness (QED) is 0.790. The number of aromatic nitrogens is 3. The summed E-state index contributed by atoms with van der Waals surface area (Å²) in [6.45, 7) is 4.73. The van der Waals surface area contributed by atoms with Gasteiger partial charge in [-0.3, -0.25) is 9.89 Å². The molecule has 5 nitrogen and oxygen atoms in total. The van der Waals surface area contributed by atoms with Crippen molar-refractivity contribution < 1.29 is 4.79 Å². The molecule has 1 aromatic carbocycles. The van der Waals surface area contributed by atoms with Gasteiger partial charge in [-0.2, -0.15) is 5.10 Å². The first-order chi connectivity index (χ1) is 11.6. The van der Waals surface area contributed by atoms with E-state index >= 15 is 0 Å². The largest absolute Gasteiger partial charge is 0.356 e. The van der Waals surface area contributed by atoms with Gasteiger partial charge in [0.25, 0.3) is 0 Å². The van der Waals surface area contributed by atoms with Gasteiger partial charge in [0.15, 0.2) is 4.77 Å². The highest BCUT2D eigenvalue weighted by Crippen LogP contribution is 2.34. The van der Waals surface area contributed by atoms with E-state index in [2.05, 4.69) is 53.6 Å². The summed E-state index contributed by atoms with van der Waals surface area (Å²) in [5.41, 5.74) is 2.73. The van der Waals surface area contributed by atoms with Crippen LogP contribution in [0.15, 0.2) is 24.3 Å². The van der Waals surface area contributed by atoms with E-state index in [0.717, 1.165) is 18.7 Å². The number of fused-ring (bicyclic) bond motifs is 1. The van der Waals surface area contributed by atoms with Crippen molar-refractivity contribution >= 4 is 18.1 Å². The predicted octanol–water partition coefficient (Wildman–Crippen LogP) is 3.30. The third kappa shape index (κ3) is 3.59. The van der Waals surface area contributed by atoms with Crippen LogP contribution in [-0.4, -0.2) is 27.2 Å². The number of carbonyl (C=O) groups excluding carboxylic acids is 1. The fraction of sp³-hybridized carbons (Fsp3) is 0.500. The third-order valence-corrected chi connectivity index (χ3v) is 4.94. The van der Waals surface area contributed by atoms with Crippen LogP contribution in [0.2, 0.25) is 0 Å². The molecule has 0 bridgehead atoms. The number of nitrogens with one attached hydrogen (secondary N) is 2. The standard InChI is InChI=1S/C18H24N4OS/c1-12(2)22-16(20-21-18(22)24)9-10-19-17(23)11-14-8-7-13-5-3-4-6-15(13)14/h3-6,12,14H,7-11H2,1-2H3,(H,19,23)(H,21,24)/t14-/m1/s1. The highest BCUT2D eigenvalue weighted by atomic mass is 32.1. The molecule has 6 heteroatoms. The van der Waals surface area contributed by atoms with E-state index in [0.29, 0.717) is 30.1 Å². The van der Waals surface area contributed by atoms with E-state index in [1.807, 2.05) is 4.57 Å². The van der Waals surface area contributed by atoms with Crippen LogP contribution in [0.5, 0.6) is 0 Å². The molecule has 0 fully saturated rings. The van der Waals surface area contributed by atoms with Crippen molar-refractivity contribution in [3.63, 3.8) is 0 Å². The lowest BCUT2D eigenvalue weighted by Gasteiger charge is -2.13. The van der Waals surface area contributed by atoms with Crippen molar-refractivity contribution in [2.75, 3.05) is 6.54 Å². The van der Waals surface area contributed by atoms with E-state index in [9.17, 15) is 4.79 Å². The molecule has 0 spiro atoms. The summed E-state index contributed by atoms with van der Waals surface area (Å²) in [7, 11) is 0. The number of benzene rings is 1. The molecule has 2 N–H and O–H groups in total. The minimum absolute atomic E-state index is 0.113. The Morgan fingerprint density at radius 2 is 2.25 bits per heavy atom. The molecule has 0 radical (unpaired) electrons. The Hall–Kier alpha value is -1.95.